The average Bonchev–Trinajstić information content (AvgIpc) is 2.93. The van der Waals surface area contributed by atoms with Gasteiger partial charge in [0.1, 0.15) is 0 Å². The van der Waals surface area contributed by atoms with E-state index >= 15 is 0 Å². The molecule has 0 bridgehead atoms. The van der Waals surface area contributed by atoms with Crippen LogP contribution < -0.4 is 0 Å². The van der Waals surface area contributed by atoms with Gasteiger partial charge >= 0.3 is 5.97 Å². The van der Waals surface area contributed by atoms with Crippen LogP contribution in [0, 0.1) is 22.2 Å². The van der Waals surface area contributed by atoms with Crippen molar-refractivity contribution in [1.82, 2.24) is 0 Å². The number of carboxylic acid groups (broad SMARTS) is 1. The highest BCUT2D eigenvalue weighted by atomic mass is 16.4. The van der Waals surface area contributed by atoms with Gasteiger partial charge in [-0.05, 0) is 47.8 Å². The fraction of sp³-hybridized carbons (Fsp3) is 0.800. The molecular formula is C15H22O2. The lowest BCUT2D eigenvalue weighted by atomic mass is 9.50. The molecular weight excluding hydrogens is 212 g/mol. The molecule has 94 valence electrons. The lowest BCUT2D eigenvalue weighted by Gasteiger charge is -2.54. The third kappa shape index (κ3) is 1.14. The second-order valence-corrected chi connectivity index (χ2v) is 7.19. The average molecular weight is 234 g/mol. The van der Waals surface area contributed by atoms with Gasteiger partial charge in [0.05, 0.1) is 0 Å². The van der Waals surface area contributed by atoms with Gasteiger partial charge in [0.15, 0.2) is 0 Å². The topological polar surface area (TPSA) is 37.3 Å². The summed E-state index contributed by atoms with van der Waals surface area (Å²) in [7, 11) is 0. The summed E-state index contributed by atoms with van der Waals surface area (Å²) in [5.41, 5.74) is 1.64. The molecule has 1 spiro atoms. The van der Waals surface area contributed by atoms with Gasteiger partial charge in [0.25, 0.3) is 0 Å². The van der Waals surface area contributed by atoms with Crippen molar-refractivity contribution < 1.29 is 9.90 Å². The van der Waals surface area contributed by atoms with Crippen LogP contribution in [-0.4, -0.2) is 11.1 Å². The van der Waals surface area contributed by atoms with Crippen LogP contribution in [0.2, 0.25) is 0 Å². The van der Waals surface area contributed by atoms with E-state index in [9.17, 15) is 9.90 Å². The molecule has 0 aromatic carbocycles. The van der Waals surface area contributed by atoms with Crippen LogP contribution in [0.25, 0.3) is 0 Å². The van der Waals surface area contributed by atoms with Gasteiger partial charge in [-0.15, -0.1) is 0 Å². The van der Waals surface area contributed by atoms with Crippen LogP contribution in [0.5, 0.6) is 0 Å². The minimum atomic E-state index is -0.685. The highest BCUT2D eigenvalue weighted by Gasteiger charge is 2.73. The van der Waals surface area contributed by atoms with Crippen LogP contribution in [0.4, 0.5) is 0 Å². The quantitative estimate of drug-likeness (QED) is 0.752. The van der Waals surface area contributed by atoms with Crippen molar-refractivity contribution in [1.29, 1.82) is 0 Å². The molecule has 1 N–H and O–H groups in total. The SMILES string of the molecule is CC1(C)CCC[C@@]2(C)CC=C(C(=O)O)[C@@H]3C[C@]312. The minimum absolute atomic E-state index is 0.278. The van der Waals surface area contributed by atoms with Crippen molar-refractivity contribution in [2.24, 2.45) is 22.2 Å². The monoisotopic (exact) mass is 234 g/mol. The molecule has 17 heavy (non-hydrogen) atoms. The van der Waals surface area contributed by atoms with E-state index in [0.29, 0.717) is 22.3 Å². The van der Waals surface area contributed by atoms with E-state index in [1.54, 1.807) is 0 Å². The molecule has 2 saturated carbocycles. The van der Waals surface area contributed by atoms with Gasteiger partial charge in [-0.25, -0.2) is 4.79 Å². The van der Waals surface area contributed by atoms with Crippen molar-refractivity contribution in [2.75, 3.05) is 0 Å². The lowest BCUT2D eigenvalue weighted by Crippen LogP contribution is -2.47. The summed E-state index contributed by atoms with van der Waals surface area (Å²) in [4.78, 5) is 11.3. The van der Waals surface area contributed by atoms with Gasteiger partial charge in [0, 0.05) is 5.57 Å². The van der Waals surface area contributed by atoms with Crippen molar-refractivity contribution in [2.45, 2.75) is 52.9 Å². The van der Waals surface area contributed by atoms with Crippen molar-refractivity contribution in [3.63, 3.8) is 0 Å². The second kappa shape index (κ2) is 2.96. The van der Waals surface area contributed by atoms with E-state index in [2.05, 4.69) is 20.8 Å². The molecule has 0 aliphatic heterocycles. The molecule has 0 unspecified atom stereocenters. The van der Waals surface area contributed by atoms with Crippen LogP contribution in [-0.2, 0) is 4.79 Å². The van der Waals surface area contributed by atoms with E-state index in [0.717, 1.165) is 12.8 Å². The van der Waals surface area contributed by atoms with Crippen LogP contribution >= 0.6 is 0 Å². The number of carboxylic acids is 1. The van der Waals surface area contributed by atoms with Gasteiger partial charge in [0.2, 0.25) is 0 Å². The first-order chi connectivity index (χ1) is 7.84. The lowest BCUT2D eigenvalue weighted by molar-refractivity contribution is -0.133. The number of hydrogen-bond donors (Lipinski definition) is 1. The Morgan fingerprint density at radius 3 is 2.71 bits per heavy atom. The fourth-order valence-corrected chi connectivity index (χ4v) is 5.24. The van der Waals surface area contributed by atoms with E-state index < -0.39 is 5.97 Å². The second-order valence-electron chi connectivity index (χ2n) is 7.19. The standard InChI is InChI=1S/C15H22O2/c1-13(2)6-4-7-14(3)8-5-10(12(16)17)11-9-15(11,13)14/h5,11H,4,6-9H2,1-3H3,(H,16,17)/t11-,14-,15-/m0/s1. The summed E-state index contributed by atoms with van der Waals surface area (Å²) < 4.78 is 0. The Labute approximate surface area is 103 Å². The fourth-order valence-electron chi connectivity index (χ4n) is 5.24. The van der Waals surface area contributed by atoms with Gasteiger partial charge in [-0.3, -0.25) is 0 Å². The predicted octanol–water partition coefficient (Wildman–Crippen LogP) is 3.62. The zero-order valence-electron chi connectivity index (χ0n) is 11.0. The van der Waals surface area contributed by atoms with E-state index in [1.807, 2.05) is 6.08 Å². The predicted molar refractivity (Wildman–Crippen MR) is 66.6 cm³/mol. The number of hydrogen-bond acceptors (Lipinski definition) is 1. The number of aliphatic carboxylic acids is 1. The normalized spacial score (nSPS) is 46.5. The molecule has 3 atom stereocenters. The third-order valence-corrected chi connectivity index (χ3v) is 6.17. The number of rotatable bonds is 1. The molecule has 0 amide bonds. The molecule has 0 heterocycles. The van der Waals surface area contributed by atoms with Crippen molar-refractivity contribution >= 4 is 5.97 Å². The van der Waals surface area contributed by atoms with Gasteiger partial charge in [-0.1, -0.05) is 33.3 Å². The van der Waals surface area contributed by atoms with Gasteiger partial charge in [-0.2, -0.15) is 0 Å². The van der Waals surface area contributed by atoms with Crippen molar-refractivity contribution in [3.05, 3.63) is 11.6 Å². The minimum Gasteiger partial charge on any atom is -0.478 e. The largest absolute Gasteiger partial charge is 0.478 e. The van der Waals surface area contributed by atoms with Crippen LogP contribution in [0.1, 0.15) is 52.9 Å². The number of allylic oxidation sites excluding steroid dienone is 1. The summed E-state index contributed by atoms with van der Waals surface area (Å²) in [6.07, 6.45) is 7.92. The zero-order chi connectivity index (χ0) is 12.5. The molecule has 0 aromatic rings. The molecule has 2 nitrogen and oxygen atoms in total. The summed E-state index contributed by atoms with van der Waals surface area (Å²) >= 11 is 0. The molecule has 0 saturated heterocycles. The molecule has 3 aliphatic rings. The molecule has 3 aliphatic carbocycles. The zero-order valence-corrected chi connectivity index (χ0v) is 11.0. The highest BCUT2D eigenvalue weighted by molar-refractivity contribution is 5.88. The third-order valence-electron chi connectivity index (χ3n) is 6.17. The van der Waals surface area contributed by atoms with Crippen LogP contribution in [0.3, 0.4) is 0 Å². The maximum absolute atomic E-state index is 11.3. The summed E-state index contributed by atoms with van der Waals surface area (Å²) in [6, 6.07) is 0. The summed E-state index contributed by atoms with van der Waals surface area (Å²) in [5.74, 6) is -0.357. The van der Waals surface area contributed by atoms with E-state index in [1.165, 1.54) is 19.3 Å². The molecule has 3 rings (SSSR count). The Morgan fingerprint density at radius 1 is 1.35 bits per heavy atom. The Morgan fingerprint density at radius 2 is 2.06 bits per heavy atom. The van der Waals surface area contributed by atoms with Gasteiger partial charge < -0.3 is 5.11 Å². The summed E-state index contributed by atoms with van der Waals surface area (Å²) in [5, 5.41) is 9.31. The first-order valence-corrected chi connectivity index (χ1v) is 6.77. The molecule has 2 heteroatoms. The van der Waals surface area contributed by atoms with Crippen LogP contribution in [0.15, 0.2) is 11.6 Å². The first kappa shape index (κ1) is 11.3. The Balaban J connectivity index is 2.07. The van der Waals surface area contributed by atoms with E-state index in [-0.39, 0.29) is 5.41 Å². The van der Waals surface area contributed by atoms with Crippen molar-refractivity contribution in [3.8, 4) is 0 Å². The first-order valence-electron chi connectivity index (χ1n) is 6.77. The Hall–Kier alpha value is -0.790. The Kier molecular flexibility index (Phi) is 1.97. The highest BCUT2D eigenvalue weighted by Crippen LogP contribution is 2.80. The summed E-state index contributed by atoms with van der Waals surface area (Å²) in [6.45, 7) is 7.10. The Bertz CT molecular complexity index is 421. The molecule has 0 radical (unpaired) electrons. The smallest absolute Gasteiger partial charge is 0.331 e. The molecule has 0 aromatic heterocycles. The number of carbonyl (C=O) groups is 1. The molecule has 2 fully saturated rings. The van der Waals surface area contributed by atoms with E-state index in [4.69, 9.17) is 0 Å². The maximum atomic E-state index is 11.3. The maximum Gasteiger partial charge on any atom is 0.331 e.